The van der Waals surface area contributed by atoms with Crippen molar-refractivity contribution >= 4 is 22.1 Å². The second-order valence-corrected chi connectivity index (χ2v) is 22.1. The van der Waals surface area contributed by atoms with Gasteiger partial charge in [0.15, 0.2) is 0 Å². The number of esters is 1. The van der Waals surface area contributed by atoms with E-state index in [0.29, 0.717) is 4.66 Å². The standard InChI is InChI=1S/C18H38O3Si2/c1-15(2)18(7,21-14(19)13-20-8)16(3,4)23(11,12)17(5,6)22(15,9)10/h13H2,1-12H3. The lowest BCUT2D eigenvalue weighted by molar-refractivity contribution is -0.172. The Kier molecular flexibility index (Phi) is 4.94. The second-order valence-electron chi connectivity index (χ2n) is 10.1. The number of hydrogen-bond acceptors (Lipinski definition) is 3. The molecular formula is C18H38O3Si2. The van der Waals surface area contributed by atoms with Gasteiger partial charge in [0, 0.05) is 7.11 Å². The number of carbonyl (C=O) groups is 1. The number of ether oxygens (including phenoxy) is 2. The number of hydrogen-bond donors (Lipinski definition) is 0. The zero-order chi connectivity index (χ0) is 18.7. The van der Waals surface area contributed by atoms with E-state index in [1.54, 1.807) is 7.11 Å². The number of methoxy groups -OCH3 is 1. The Hall–Kier alpha value is -0.136. The van der Waals surface area contributed by atoms with Gasteiger partial charge in [0.1, 0.15) is 12.2 Å². The van der Waals surface area contributed by atoms with Crippen molar-refractivity contribution in [3.05, 3.63) is 0 Å². The zero-order valence-electron chi connectivity index (χ0n) is 17.4. The molecule has 0 saturated carbocycles. The molecule has 0 aromatic heterocycles. The lowest BCUT2D eigenvalue weighted by Gasteiger charge is -2.74. The molecule has 0 aromatic rings. The molecule has 5 heteroatoms. The second kappa shape index (κ2) is 5.43. The van der Waals surface area contributed by atoms with Gasteiger partial charge >= 0.3 is 5.97 Å². The molecule has 0 radical (unpaired) electrons. The van der Waals surface area contributed by atoms with E-state index in [4.69, 9.17) is 9.47 Å². The molecule has 1 heterocycles. The SMILES string of the molecule is COCC(=O)OC1(C)C(C)(C)[Si](C)(C)C(C)(C)[Si](C)(C)C1(C)C. The molecule has 1 rings (SSSR count). The van der Waals surface area contributed by atoms with Crippen molar-refractivity contribution in [2.45, 2.75) is 95.0 Å². The van der Waals surface area contributed by atoms with Crippen molar-refractivity contribution in [1.82, 2.24) is 0 Å². The predicted molar refractivity (Wildman–Crippen MR) is 103 cm³/mol. The monoisotopic (exact) mass is 358 g/mol. The molecule has 1 aliphatic heterocycles. The maximum Gasteiger partial charge on any atom is 0.332 e. The van der Waals surface area contributed by atoms with Crippen LogP contribution in [0.2, 0.25) is 40.9 Å². The highest BCUT2D eigenvalue weighted by molar-refractivity contribution is 7.03. The van der Waals surface area contributed by atoms with Gasteiger partial charge in [0.2, 0.25) is 0 Å². The van der Waals surface area contributed by atoms with Gasteiger partial charge in [-0.3, -0.25) is 0 Å². The summed E-state index contributed by atoms with van der Waals surface area (Å²) in [5.74, 6) is -0.245. The van der Waals surface area contributed by atoms with Crippen LogP contribution in [0.15, 0.2) is 0 Å². The molecule has 3 nitrogen and oxygen atoms in total. The summed E-state index contributed by atoms with van der Waals surface area (Å²) >= 11 is 0. The maximum absolute atomic E-state index is 12.4. The van der Waals surface area contributed by atoms with Crippen molar-refractivity contribution in [3.8, 4) is 0 Å². The average Bonchev–Trinajstić information content (AvgIpc) is 2.36. The molecule has 136 valence electrons. The minimum absolute atomic E-state index is 0.0229. The molecule has 0 atom stereocenters. The normalized spacial score (nSPS) is 28.9. The molecule has 0 unspecified atom stereocenters. The summed E-state index contributed by atoms with van der Waals surface area (Å²) in [6.07, 6.45) is 0. The fourth-order valence-electron chi connectivity index (χ4n) is 4.95. The van der Waals surface area contributed by atoms with Gasteiger partial charge in [0.25, 0.3) is 0 Å². The molecule has 0 aliphatic carbocycles. The molecule has 1 aliphatic rings. The minimum atomic E-state index is -1.75. The Balaban J connectivity index is 3.65. The number of rotatable bonds is 3. The van der Waals surface area contributed by atoms with Gasteiger partial charge in [-0.25, -0.2) is 4.79 Å². The molecule has 0 bridgehead atoms. The van der Waals surface area contributed by atoms with E-state index >= 15 is 0 Å². The van der Waals surface area contributed by atoms with E-state index in [1.165, 1.54) is 0 Å². The Morgan fingerprint density at radius 1 is 0.826 bits per heavy atom. The Morgan fingerprint density at radius 3 is 1.48 bits per heavy atom. The predicted octanol–water partition coefficient (Wildman–Crippen LogP) is 5.24. The van der Waals surface area contributed by atoms with Gasteiger partial charge in [-0.05, 0) is 21.7 Å². The first kappa shape index (κ1) is 20.9. The van der Waals surface area contributed by atoms with E-state index in [0.717, 1.165) is 0 Å². The van der Waals surface area contributed by atoms with Crippen LogP contribution in [-0.4, -0.2) is 41.4 Å². The Morgan fingerprint density at radius 2 is 1.17 bits per heavy atom. The van der Waals surface area contributed by atoms with Crippen LogP contribution in [0, 0.1) is 0 Å². The van der Waals surface area contributed by atoms with Crippen LogP contribution in [0.25, 0.3) is 0 Å². The highest BCUT2D eigenvalue weighted by atomic mass is 28.4. The van der Waals surface area contributed by atoms with Gasteiger partial charge in [0.05, 0.1) is 16.1 Å². The first-order valence-electron chi connectivity index (χ1n) is 8.66. The topological polar surface area (TPSA) is 35.5 Å². The lowest BCUT2D eigenvalue weighted by atomic mass is 9.79. The molecule has 23 heavy (non-hydrogen) atoms. The van der Waals surface area contributed by atoms with Crippen LogP contribution in [-0.2, 0) is 14.3 Å². The van der Waals surface area contributed by atoms with Crippen LogP contribution in [0.1, 0.15) is 48.5 Å². The third-order valence-electron chi connectivity index (χ3n) is 9.22. The van der Waals surface area contributed by atoms with Crippen molar-refractivity contribution in [1.29, 1.82) is 0 Å². The summed E-state index contributed by atoms with van der Waals surface area (Å²) in [7, 11) is -1.96. The molecule has 0 amide bonds. The molecule has 0 N–H and O–H groups in total. The molecule has 0 aromatic carbocycles. The first-order valence-corrected chi connectivity index (χ1v) is 14.7. The van der Waals surface area contributed by atoms with Crippen molar-refractivity contribution < 1.29 is 14.3 Å². The minimum Gasteiger partial charge on any atom is -0.457 e. The van der Waals surface area contributed by atoms with Crippen LogP contribution in [0.3, 0.4) is 0 Å². The van der Waals surface area contributed by atoms with Gasteiger partial charge < -0.3 is 9.47 Å². The van der Waals surface area contributed by atoms with E-state index in [-0.39, 0.29) is 22.7 Å². The molecular weight excluding hydrogens is 320 g/mol. The summed E-state index contributed by atoms with van der Waals surface area (Å²) < 4.78 is 11.6. The molecule has 1 fully saturated rings. The summed E-state index contributed by atoms with van der Waals surface area (Å²) in [6.45, 7) is 26.4. The van der Waals surface area contributed by atoms with E-state index in [1.807, 2.05) is 0 Å². The van der Waals surface area contributed by atoms with Crippen LogP contribution in [0.4, 0.5) is 0 Å². The quantitative estimate of drug-likeness (QED) is 0.511. The summed E-state index contributed by atoms with van der Waals surface area (Å²) in [5.41, 5.74) is -0.490. The fourth-order valence-corrected chi connectivity index (χ4v) is 19.4. The van der Waals surface area contributed by atoms with Gasteiger partial charge in [-0.15, -0.1) is 0 Å². The van der Waals surface area contributed by atoms with Gasteiger partial charge in [-0.2, -0.15) is 0 Å². The summed E-state index contributed by atoms with van der Waals surface area (Å²) in [4.78, 5) is 12.4. The average molecular weight is 359 g/mol. The highest BCUT2D eigenvalue weighted by Crippen LogP contribution is 2.76. The summed E-state index contributed by atoms with van der Waals surface area (Å²) in [5, 5.41) is -0.0855. The smallest absolute Gasteiger partial charge is 0.332 e. The van der Waals surface area contributed by atoms with Crippen LogP contribution >= 0.6 is 0 Å². The molecule has 0 spiro atoms. The lowest BCUT2D eigenvalue weighted by Crippen LogP contribution is -2.77. The zero-order valence-corrected chi connectivity index (χ0v) is 19.4. The van der Waals surface area contributed by atoms with E-state index < -0.39 is 21.7 Å². The fraction of sp³-hybridized carbons (Fsp3) is 0.944. The largest absolute Gasteiger partial charge is 0.457 e. The van der Waals surface area contributed by atoms with Crippen LogP contribution < -0.4 is 0 Å². The third-order valence-corrected chi connectivity index (χ3v) is 26.4. The maximum atomic E-state index is 12.4. The van der Waals surface area contributed by atoms with Crippen molar-refractivity contribution in [2.24, 2.45) is 0 Å². The van der Waals surface area contributed by atoms with E-state index in [9.17, 15) is 4.79 Å². The highest BCUT2D eigenvalue weighted by Gasteiger charge is 2.76. The van der Waals surface area contributed by atoms with Crippen molar-refractivity contribution in [3.63, 3.8) is 0 Å². The van der Waals surface area contributed by atoms with Gasteiger partial charge in [-0.1, -0.05) is 67.7 Å². The molecule has 1 saturated heterocycles. The van der Waals surface area contributed by atoms with E-state index in [2.05, 4.69) is 74.7 Å². The summed E-state index contributed by atoms with van der Waals surface area (Å²) in [6, 6.07) is 0. The Labute approximate surface area is 145 Å². The Bertz CT molecular complexity index is 460. The first-order chi connectivity index (χ1) is 9.95. The van der Waals surface area contributed by atoms with Crippen molar-refractivity contribution in [2.75, 3.05) is 13.7 Å². The number of carbonyl (C=O) groups excluding carboxylic acids is 1. The third kappa shape index (κ3) is 2.25. The van der Waals surface area contributed by atoms with Crippen LogP contribution in [0.5, 0.6) is 0 Å².